The van der Waals surface area contributed by atoms with Gasteiger partial charge in [-0.15, -0.1) is 10.2 Å². The highest BCUT2D eigenvalue weighted by molar-refractivity contribution is 7.99. The van der Waals surface area contributed by atoms with Crippen LogP contribution in [-0.2, 0) is 4.79 Å². The summed E-state index contributed by atoms with van der Waals surface area (Å²) >= 11 is 3.28. The van der Waals surface area contributed by atoms with Crippen molar-refractivity contribution in [2.75, 3.05) is 29.5 Å². The molecule has 3 aliphatic heterocycles. The first-order valence-corrected chi connectivity index (χ1v) is 11.3. The second kappa shape index (κ2) is 7.25. The van der Waals surface area contributed by atoms with Crippen molar-refractivity contribution in [1.82, 2.24) is 20.1 Å². The number of hydrogen-bond donors (Lipinski definition) is 0. The molecule has 3 aliphatic rings. The molecule has 28 heavy (non-hydrogen) atoms. The summed E-state index contributed by atoms with van der Waals surface area (Å²) in [6, 6.07) is 0.485. The fraction of sp³-hybridized carbons (Fsp3) is 0.647. The van der Waals surface area contributed by atoms with E-state index in [1.54, 1.807) is 6.20 Å². The first-order chi connectivity index (χ1) is 13.6. The van der Waals surface area contributed by atoms with Crippen LogP contribution in [0.4, 0.5) is 13.9 Å². The van der Waals surface area contributed by atoms with Crippen LogP contribution in [0.3, 0.4) is 0 Å². The molecule has 0 aromatic carbocycles. The molecule has 2 aromatic rings. The van der Waals surface area contributed by atoms with Crippen LogP contribution in [0, 0.1) is 5.92 Å². The third-order valence-corrected chi connectivity index (χ3v) is 7.74. The summed E-state index contributed by atoms with van der Waals surface area (Å²) in [7, 11) is 0. The largest absolute Gasteiger partial charge is 0.414 e. The molecule has 3 fully saturated rings. The SMILES string of the molecule is O=C(C1CCSCC1)N1CC2CC1CN2c1ncc(-c2nnc(C(F)F)o2)s1. The Hall–Kier alpha value is -1.75. The minimum atomic E-state index is -2.78. The van der Waals surface area contributed by atoms with Crippen molar-refractivity contribution in [2.45, 2.75) is 37.8 Å². The zero-order valence-electron chi connectivity index (χ0n) is 15.0. The number of aromatic nitrogens is 3. The third kappa shape index (κ3) is 3.18. The average Bonchev–Trinajstić information content (AvgIpc) is 3.50. The number of halogens is 2. The molecule has 0 saturated carbocycles. The Balaban J connectivity index is 1.26. The van der Waals surface area contributed by atoms with Crippen LogP contribution in [0.1, 0.15) is 31.6 Å². The zero-order chi connectivity index (χ0) is 19.3. The molecule has 0 aliphatic carbocycles. The van der Waals surface area contributed by atoms with Crippen LogP contribution in [0.15, 0.2) is 10.6 Å². The maximum Gasteiger partial charge on any atom is 0.314 e. The van der Waals surface area contributed by atoms with Crippen molar-refractivity contribution in [3.8, 4) is 10.8 Å². The number of hydrogen-bond acceptors (Lipinski definition) is 8. The van der Waals surface area contributed by atoms with Gasteiger partial charge in [0.15, 0.2) is 5.13 Å². The summed E-state index contributed by atoms with van der Waals surface area (Å²) in [6.45, 7) is 1.50. The summed E-state index contributed by atoms with van der Waals surface area (Å²) in [6.07, 6.45) is 1.73. The summed E-state index contributed by atoms with van der Waals surface area (Å²) in [5.74, 6) is 2.04. The Bertz CT molecular complexity index is 869. The molecular weight excluding hydrogens is 408 g/mol. The number of rotatable bonds is 4. The number of thiazole rings is 1. The number of nitrogens with zero attached hydrogens (tertiary/aromatic N) is 5. The van der Waals surface area contributed by atoms with Crippen LogP contribution in [-0.4, -0.2) is 62.7 Å². The molecule has 0 spiro atoms. The first kappa shape index (κ1) is 18.3. The van der Waals surface area contributed by atoms with Gasteiger partial charge in [-0.25, -0.2) is 4.98 Å². The Morgan fingerprint density at radius 3 is 2.71 bits per heavy atom. The van der Waals surface area contributed by atoms with Crippen molar-refractivity contribution >= 4 is 34.1 Å². The molecule has 2 unspecified atom stereocenters. The first-order valence-electron chi connectivity index (χ1n) is 9.33. The average molecular weight is 428 g/mol. The van der Waals surface area contributed by atoms with Crippen LogP contribution < -0.4 is 4.90 Å². The van der Waals surface area contributed by atoms with Crippen LogP contribution in [0.5, 0.6) is 0 Å². The van der Waals surface area contributed by atoms with Gasteiger partial charge in [-0.1, -0.05) is 11.3 Å². The summed E-state index contributed by atoms with van der Waals surface area (Å²) in [5.41, 5.74) is 0. The molecule has 0 N–H and O–H groups in total. The topological polar surface area (TPSA) is 75.4 Å². The van der Waals surface area contributed by atoms with Gasteiger partial charge in [-0.05, 0) is 30.8 Å². The van der Waals surface area contributed by atoms with E-state index in [0.717, 1.165) is 49.0 Å². The number of carbonyl (C=O) groups excluding carboxylic acids is 1. The highest BCUT2D eigenvalue weighted by atomic mass is 32.2. The lowest BCUT2D eigenvalue weighted by molar-refractivity contribution is -0.136. The molecule has 150 valence electrons. The van der Waals surface area contributed by atoms with Crippen LogP contribution in [0.25, 0.3) is 10.8 Å². The Kier molecular flexibility index (Phi) is 4.74. The summed E-state index contributed by atoms with van der Waals surface area (Å²) in [5, 5.41) is 7.85. The highest BCUT2D eigenvalue weighted by Gasteiger charge is 2.47. The maximum atomic E-state index is 12.9. The quantitative estimate of drug-likeness (QED) is 0.742. The van der Waals surface area contributed by atoms with E-state index in [0.29, 0.717) is 10.8 Å². The van der Waals surface area contributed by atoms with E-state index in [-0.39, 0.29) is 23.9 Å². The lowest BCUT2D eigenvalue weighted by atomic mass is 10.0. The highest BCUT2D eigenvalue weighted by Crippen LogP contribution is 2.40. The summed E-state index contributed by atoms with van der Waals surface area (Å²) in [4.78, 5) is 22.2. The minimum absolute atomic E-state index is 0.0652. The van der Waals surface area contributed by atoms with Gasteiger partial charge in [0.1, 0.15) is 4.88 Å². The van der Waals surface area contributed by atoms with Crippen molar-refractivity contribution < 1.29 is 18.0 Å². The van der Waals surface area contributed by atoms with Crippen LogP contribution in [0.2, 0.25) is 0 Å². The van der Waals surface area contributed by atoms with E-state index in [1.807, 2.05) is 11.8 Å². The number of alkyl halides is 2. The third-order valence-electron chi connectivity index (χ3n) is 5.67. The van der Waals surface area contributed by atoms with E-state index in [9.17, 15) is 13.6 Å². The predicted octanol–water partition coefficient (Wildman–Crippen LogP) is 3.06. The van der Waals surface area contributed by atoms with Crippen LogP contribution >= 0.6 is 23.1 Å². The smallest absolute Gasteiger partial charge is 0.314 e. The van der Waals surface area contributed by atoms with Gasteiger partial charge in [-0.3, -0.25) is 4.79 Å². The lowest BCUT2D eigenvalue weighted by Gasteiger charge is -2.36. The monoisotopic (exact) mass is 427 g/mol. The second-order valence-corrected chi connectivity index (χ2v) is 9.56. The minimum Gasteiger partial charge on any atom is -0.414 e. The summed E-state index contributed by atoms with van der Waals surface area (Å²) < 4.78 is 30.3. The zero-order valence-corrected chi connectivity index (χ0v) is 16.6. The number of carbonyl (C=O) groups is 1. The fourth-order valence-electron chi connectivity index (χ4n) is 4.27. The number of likely N-dealkylation sites (tertiary alicyclic amines) is 1. The van der Waals surface area contributed by atoms with Gasteiger partial charge in [0.2, 0.25) is 5.91 Å². The van der Waals surface area contributed by atoms with E-state index in [4.69, 9.17) is 4.42 Å². The molecule has 0 radical (unpaired) electrons. The predicted molar refractivity (Wildman–Crippen MR) is 102 cm³/mol. The molecule has 5 heterocycles. The van der Waals surface area contributed by atoms with E-state index in [1.165, 1.54) is 11.3 Å². The van der Waals surface area contributed by atoms with Gasteiger partial charge in [0.25, 0.3) is 11.8 Å². The van der Waals surface area contributed by atoms with Gasteiger partial charge in [0, 0.05) is 19.0 Å². The molecule has 2 atom stereocenters. The lowest BCUT2D eigenvalue weighted by Crippen LogP contribution is -2.50. The van der Waals surface area contributed by atoms with E-state index < -0.39 is 12.3 Å². The standard InChI is InChI=1S/C17H19F2N5O2S2/c18-13(19)15-22-21-14(26-15)12-6-20-17(28-12)24-8-10-5-11(24)7-23(10)16(25)9-1-3-27-4-2-9/h6,9-11,13H,1-5,7-8H2. The molecule has 3 saturated heterocycles. The molecule has 5 rings (SSSR count). The number of piperazine rings is 1. The Morgan fingerprint density at radius 1 is 1.21 bits per heavy atom. The normalized spacial score (nSPS) is 25.2. The second-order valence-electron chi connectivity index (χ2n) is 7.33. The molecule has 2 bridgehead atoms. The molecular formula is C17H19F2N5O2S2. The fourth-order valence-corrected chi connectivity index (χ4v) is 6.29. The Labute approximate surface area is 168 Å². The molecule has 7 nitrogen and oxygen atoms in total. The van der Waals surface area contributed by atoms with Gasteiger partial charge < -0.3 is 14.2 Å². The Morgan fingerprint density at radius 2 is 2.04 bits per heavy atom. The molecule has 1 amide bonds. The van der Waals surface area contributed by atoms with Crippen molar-refractivity contribution in [1.29, 1.82) is 0 Å². The van der Waals surface area contributed by atoms with E-state index >= 15 is 0 Å². The number of amides is 1. The number of fused-ring (bicyclic) bond motifs is 2. The number of thioether (sulfide) groups is 1. The van der Waals surface area contributed by atoms with Gasteiger partial charge in [0.05, 0.1) is 18.3 Å². The molecule has 2 aromatic heterocycles. The van der Waals surface area contributed by atoms with Crippen molar-refractivity contribution in [3.63, 3.8) is 0 Å². The van der Waals surface area contributed by atoms with E-state index in [2.05, 4.69) is 25.0 Å². The van der Waals surface area contributed by atoms with Gasteiger partial charge >= 0.3 is 6.43 Å². The maximum absolute atomic E-state index is 12.9. The molecule has 11 heteroatoms. The van der Waals surface area contributed by atoms with Crippen molar-refractivity contribution in [3.05, 3.63) is 12.1 Å². The van der Waals surface area contributed by atoms with Crippen molar-refractivity contribution in [2.24, 2.45) is 5.92 Å². The van der Waals surface area contributed by atoms with Gasteiger partial charge in [-0.2, -0.15) is 20.5 Å². The number of anilines is 1.